The molecule has 2 heteroatoms. The predicted octanol–water partition coefficient (Wildman–Crippen LogP) is 15.3. The fourth-order valence-electron chi connectivity index (χ4n) is 7.96. The topological polar surface area (TPSA) is 3.24 Å². The van der Waals surface area contributed by atoms with Gasteiger partial charge in [0, 0.05) is 36.8 Å². The molecule has 254 valence electrons. The van der Waals surface area contributed by atoms with Gasteiger partial charge in [0.25, 0.3) is 0 Å². The molecule has 0 aliphatic rings. The van der Waals surface area contributed by atoms with E-state index < -0.39 is 0 Å². The van der Waals surface area contributed by atoms with Gasteiger partial charge in [0.15, 0.2) is 0 Å². The van der Waals surface area contributed by atoms with E-state index in [2.05, 4.69) is 217 Å². The fraction of sp³-hybridized carbons (Fsp3) is 0. The quantitative estimate of drug-likeness (QED) is 0.160. The Morgan fingerprint density at radius 1 is 0.296 bits per heavy atom. The number of fused-ring (bicyclic) bond motifs is 4. The van der Waals surface area contributed by atoms with Crippen LogP contribution >= 0.6 is 11.3 Å². The van der Waals surface area contributed by atoms with Gasteiger partial charge in [-0.1, -0.05) is 176 Å². The SMILES string of the molecule is c1ccc(-c2ccccc2-c2ccccc2-c2ccccc2N(c2ccc(-c3ccc4c(c3)sc3ccccc34)cc2)c2cccc3ccccc23)cc1. The molecule has 1 aromatic heterocycles. The summed E-state index contributed by atoms with van der Waals surface area (Å²) in [5, 5.41) is 5.06. The molecule has 0 radical (unpaired) electrons. The second kappa shape index (κ2) is 13.7. The number of para-hydroxylation sites is 1. The third kappa shape index (κ3) is 5.65. The monoisotopic (exact) mass is 705 g/mol. The van der Waals surface area contributed by atoms with E-state index in [0.717, 1.165) is 17.1 Å². The van der Waals surface area contributed by atoms with Gasteiger partial charge in [-0.15, -0.1) is 11.3 Å². The Morgan fingerprint density at radius 3 is 1.63 bits per heavy atom. The fourth-order valence-corrected chi connectivity index (χ4v) is 9.10. The lowest BCUT2D eigenvalue weighted by atomic mass is 9.88. The van der Waals surface area contributed by atoms with E-state index in [1.54, 1.807) is 0 Å². The zero-order chi connectivity index (χ0) is 35.8. The van der Waals surface area contributed by atoms with Crippen LogP contribution in [0.3, 0.4) is 0 Å². The first-order valence-corrected chi connectivity index (χ1v) is 19.2. The summed E-state index contributed by atoms with van der Waals surface area (Å²) in [6.45, 7) is 0. The van der Waals surface area contributed by atoms with E-state index >= 15 is 0 Å². The molecule has 0 N–H and O–H groups in total. The zero-order valence-corrected chi connectivity index (χ0v) is 30.4. The van der Waals surface area contributed by atoms with Crippen molar-refractivity contribution in [2.75, 3.05) is 4.90 Å². The summed E-state index contributed by atoms with van der Waals surface area (Å²) in [4.78, 5) is 2.44. The van der Waals surface area contributed by atoms with Crippen LogP contribution in [0.5, 0.6) is 0 Å². The van der Waals surface area contributed by atoms with Crippen LogP contribution < -0.4 is 4.90 Å². The van der Waals surface area contributed by atoms with Gasteiger partial charge >= 0.3 is 0 Å². The number of thiophene rings is 1. The second-order valence-corrected chi connectivity index (χ2v) is 14.7. The van der Waals surface area contributed by atoms with Gasteiger partial charge in [-0.3, -0.25) is 0 Å². The molecule has 0 aliphatic heterocycles. The van der Waals surface area contributed by atoms with Crippen LogP contribution in [0.4, 0.5) is 17.1 Å². The zero-order valence-electron chi connectivity index (χ0n) is 29.6. The third-order valence-electron chi connectivity index (χ3n) is 10.5. The first-order valence-electron chi connectivity index (χ1n) is 18.4. The minimum atomic E-state index is 1.10. The van der Waals surface area contributed by atoms with E-state index in [1.807, 2.05) is 11.3 Å². The average Bonchev–Trinajstić information content (AvgIpc) is 3.63. The largest absolute Gasteiger partial charge is 0.309 e. The van der Waals surface area contributed by atoms with E-state index in [1.165, 1.54) is 75.5 Å². The summed E-state index contributed by atoms with van der Waals surface area (Å²) in [7, 11) is 0. The van der Waals surface area contributed by atoms with Crippen molar-refractivity contribution in [3.05, 3.63) is 212 Å². The summed E-state index contributed by atoms with van der Waals surface area (Å²) in [5.74, 6) is 0. The smallest absolute Gasteiger partial charge is 0.0540 e. The summed E-state index contributed by atoms with van der Waals surface area (Å²) in [6, 6.07) is 77.2. The molecule has 0 saturated carbocycles. The van der Waals surface area contributed by atoms with E-state index in [4.69, 9.17) is 0 Å². The molecule has 9 aromatic carbocycles. The van der Waals surface area contributed by atoms with Gasteiger partial charge in [0.1, 0.15) is 0 Å². The molecule has 1 nitrogen and oxygen atoms in total. The minimum Gasteiger partial charge on any atom is -0.309 e. The maximum absolute atomic E-state index is 2.44. The molecule has 0 spiro atoms. The van der Waals surface area contributed by atoms with Crippen molar-refractivity contribution in [2.45, 2.75) is 0 Å². The highest BCUT2D eigenvalue weighted by Crippen LogP contribution is 2.47. The first kappa shape index (κ1) is 32.0. The van der Waals surface area contributed by atoms with Crippen LogP contribution in [-0.2, 0) is 0 Å². The number of hydrogen-bond donors (Lipinski definition) is 0. The molecule has 0 aliphatic carbocycles. The van der Waals surface area contributed by atoms with Crippen molar-refractivity contribution in [1.29, 1.82) is 0 Å². The molecule has 54 heavy (non-hydrogen) atoms. The molecular formula is C52H35NS. The Hall–Kier alpha value is -6.74. The van der Waals surface area contributed by atoms with Gasteiger partial charge in [-0.25, -0.2) is 0 Å². The van der Waals surface area contributed by atoms with Crippen molar-refractivity contribution in [3.8, 4) is 44.5 Å². The van der Waals surface area contributed by atoms with Gasteiger partial charge in [-0.2, -0.15) is 0 Å². The number of rotatable bonds is 7. The molecule has 10 rings (SSSR count). The standard InChI is InChI=1S/C52H35NS/c1-2-15-37(16-3-1)41-19-6-7-21-43(41)44-22-8-9-23-45(44)46-24-10-12-26-50(46)53(49-27-14-18-38-17-4-5-20-42(38)49)40-32-29-36(30-33-40)39-31-34-48-47-25-11-13-28-51(47)54-52(48)35-39/h1-35H. The van der Waals surface area contributed by atoms with Crippen LogP contribution in [0.2, 0.25) is 0 Å². The second-order valence-electron chi connectivity index (χ2n) is 13.7. The van der Waals surface area contributed by atoms with Crippen LogP contribution in [0.1, 0.15) is 0 Å². The van der Waals surface area contributed by atoms with E-state index in [9.17, 15) is 0 Å². The Kier molecular flexibility index (Phi) is 8.09. The first-order chi connectivity index (χ1) is 26.8. The van der Waals surface area contributed by atoms with Crippen LogP contribution in [0.15, 0.2) is 212 Å². The molecule has 10 aromatic rings. The summed E-state index contributed by atoms with van der Waals surface area (Å²) in [5.41, 5.74) is 13.0. The van der Waals surface area contributed by atoms with Crippen molar-refractivity contribution in [3.63, 3.8) is 0 Å². The van der Waals surface area contributed by atoms with Crippen molar-refractivity contribution >= 4 is 59.3 Å². The van der Waals surface area contributed by atoms with Crippen molar-refractivity contribution in [2.24, 2.45) is 0 Å². The summed E-state index contributed by atoms with van der Waals surface area (Å²) >= 11 is 1.86. The average molecular weight is 706 g/mol. The van der Waals surface area contributed by atoms with E-state index in [0.29, 0.717) is 0 Å². The van der Waals surface area contributed by atoms with Crippen LogP contribution in [0.25, 0.3) is 75.5 Å². The van der Waals surface area contributed by atoms with Crippen molar-refractivity contribution < 1.29 is 0 Å². The molecular weight excluding hydrogens is 671 g/mol. The molecule has 0 amide bonds. The van der Waals surface area contributed by atoms with Crippen LogP contribution in [-0.4, -0.2) is 0 Å². The molecule has 1 heterocycles. The van der Waals surface area contributed by atoms with Gasteiger partial charge in [0.2, 0.25) is 0 Å². The minimum absolute atomic E-state index is 1.10. The van der Waals surface area contributed by atoms with Gasteiger partial charge in [0.05, 0.1) is 11.4 Å². The van der Waals surface area contributed by atoms with Gasteiger partial charge < -0.3 is 4.90 Å². The highest BCUT2D eigenvalue weighted by atomic mass is 32.1. The Bertz CT molecular complexity index is 2930. The third-order valence-corrected chi connectivity index (χ3v) is 11.6. The lowest BCUT2D eigenvalue weighted by molar-refractivity contribution is 1.30. The molecule has 0 bridgehead atoms. The highest BCUT2D eigenvalue weighted by Gasteiger charge is 2.21. The number of nitrogens with zero attached hydrogens (tertiary/aromatic N) is 1. The maximum Gasteiger partial charge on any atom is 0.0540 e. The van der Waals surface area contributed by atoms with Gasteiger partial charge in [-0.05, 0) is 80.7 Å². The Balaban J connectivity index is 1.14. The number of benzene rings is 9. The maximum atomic E-state index is 2.44. The molecule has 0 fully saturated rings. The molecule has 0 unspecified atom stereocenters. The Morgan fingerprint density at radius 2 is 0.833 bits per heavy atom. The van der Waals surface area contributed by atoms with Crippen molar-refractivity contribution in [1.82, 2.24) is 0 Å². The van der Waals surface area contributed by atoms with Crippen LogP contribution in [0, 0.1) is 0 Å². The number of hydrogen-bond acceptors (Lipinski definition) is 2. The molecule has 0 saturated heterocycles. The highest BCUT2D eigenvalue weighted by molar-refractivity contribution is 7.25. The van der Waals surface area contributed by atoms with E-state index in [-0.39, 0.29) is 0 Å². The number of anilines is 3. The predicted molar refractivity (Wildman–Crippen MR) is 233 cm³/mol. The lowest BCUT2D eigenvalue weighted by Crippen LogP contribution is -2.12. The Labute approximate surface area is 319 Å². The molecule has 0 atom stereocenters. The summed E-state index contributed by atoms with van der Waals surface area (Å²) in [6.07, 6.45) is 0. The summed E-state index contributed by atoms with van der Waals surface area (Å²) < 4.78 is 2.64. The lowest BCUT2D eigenvalue weighted by Gasteiger charge is -2.29. The normalized spacial score (nSPS) is 11.3.